The van der Waals surface area contributed by atoms with Crippen LogP contribution >= 0.6 is 15.9 Å². The molecule has 2 aromatic carbocycles. The van der Waals surface area contributed by atoms with Crippen LogP contribution in [0.1, 0.15) is 12.5 Å². The van der Waals surface area contributed by atoms with Gasteiger partial charge in [0.1, 0.15) is 5.92 Å². The zero-order valence-electron chi connectivity index (χ0n) is 12.6. The van der Waals surface area contributed by atoms with E-state index in [2.05, 4.69) is 21.0 Å². The van der Waals surface area contributed by atoms with Gasteiger partial charge in [0.2, 0.25) is 0 Å². The molecule has 0 spiro atoms. The molecule has 3 rings (SSSR count). The van der Waals surface area contributed by atoms with Crippen molar-refractivity contribution in [1.29, 1.82) is 0 Å². The maximum absolute atomic E-state index is 12.6. The summed E-state index contributed by atoms with van der Waals surface area (Å²) >= 11 is 3.39. The number of nitrogens with zero attached hydrogens (tertiary/aromatic N) is 2. The highest BCUT2D eigenvalue weighted by Crippen LogP contribution is 2.25. The Balaban J connectivity index is 1.80. The van der Waals surface area contributed by atoms with E-state index in [1.807, 2.05) is 42.5 Å². The predicted molar refractivity (Wildman–Crippen MR) is 93.4 cm³/mol. The Morgan fingerprint density at radius 3 is 2.61 bits per heavy atom. The lowest BCUT2D eigenvalue weighted by atomic mass is 9.94. The van der Waals surface area contributed by atoms with E-state index < -0.39 is 5.92 Å². The minimum absolute atomic E-state index is 0.132. The maximum atomic E-state index is 12.6. The Labute approximate surface area is 142 Å². The Hall–Kier alpha value is -2.27. The molecule has 2 aromatic rings. The third kappa shape index (κ3) is 3.24. The number of anilines is 1. The van der Waals surface area contributed by atoms with Crippen LogP contribution in [0.5, 0.6) is 0 Å². The predicted octanol–water partition coefficient (Wildman–Crippen LogP) is 3.60. The van der Waals surface area contributed by atoms with Crippen molar-refractivity contribution < 1.29 is 9.59 Å². The lowest BCUT2D eigenvalue weighted by Gasteiger charge is -2.13. The van der Waals surface area contributed by atoms with Gasteiger partial charge in [0.15, 0.2) is 5.78 Å². The summed E-state index contributed by atoms with van der Waals surface area (Å²) in [5.74, 6) is -1.21. The zero-order valence-corrected chi connectivity index (χ0v) is 14.2. The molecule has 5 heteroatoms. The molecule has 1 aliphatic rings. The molecule has 23 heavy (non-hydrogen) atoms. The molecule has 0 bridgehead atoms. The van der Waals surface area contributed by atoms with Crippen LogP contribution in [-0.2, 0) is 16.0 Å². The van der Waals surface area contributed by atoms with Gasteiger partial charge >= 0.3 is 0 Å². The highest BCUT2D eigenvalue weighted by molar-refractivity contribution is 9.10. The largest absolute Gasteiger partial charge is 0.298 e. The first-order valence-corrected chi connectivity index (χ1v) is 8.07. The fourth-order valence-electron chi connectivity index (χ4n) is 2.64. The number of benzene rings is 2. The van der Waals surface area contributed by atoms with E-state index in [0.717, 1.165) is 10.0 Å². The number of para-hydroxylation sites is 1. The third-order valence-electron chi connectivity index (χ3n) is 3.72. The molecule has 1 unspecified atom stereocenters. The molecule has 0 saturated carbocycles. The van der Waals surface area contributed by atoms with Crippen molar-refractivity contribution in [3.63, 3.8) is 0 Å². The van der Waals surface area contributed by atoms with Gasteiger partial charge < -0.3 is 0 Å². The number of carbonyl (C=O) groups is 2. The first-order chi connectivity index (χ1) is 11.1. The maximum Gasteiger partial charge on any atom is 0.263 e. The average molecular weight is 371 g/mol. The molecule has 0 aromatic heterocycles. The van der Waals surface area contributed by atoms with E-state index in [9.17, 15) is 9.59 Å². The van der Waals surface area contributed by atoms with E-state index in [-0.39, 0.29) is 18.1 Å². The molecule has 0 saturated heterocycles. The number of hydrazone groups is 1. The standard InChI is InChI=1S/C18H15BrN2O2/c1-12-17(16(22)11-13-6-5-7-14(19)10-13)18(23)21(20-12)15-8-3-2-4-9-15/h2-10,17H,11H2,1H3. The van der Waals surface area contributed by atoms with Gasteiger partial charge in [0.05, 0.1) is 11.4 Å². The minimum Gasteiger partial charge on any atom is -0.298 e. The van der Waals surface area contributed by atoms with Gasteiger partial charge in [-0.1, -0.05) is 46.3 Å². The van der Waals surface area contributed by atoms with Gasteiger partial charge in [-0.25, -0.2) is 0 Å². The number of carbonyl (C=O) groups excluding carboxylic acids is 2. The molecule has 0 radical (unpaired) electrons. The van der Waals surface area contributed by atoms with Gasteiger partial charge in [0.25, 0.3) is 5.91 Å². The summed E-state index contributed by atoms with van der Waals surface area (Å²) in [6.45, 7) is 1.73. The van der Waals surface area contributed by atoms with Crippen LogP contribution in [0.4, 0.5) is 5.69 Å². The molecule has 116 valence electrons. The minimum atomic E-state index is -0.797. The second-order valence-corrected chi connectivity index (χ2v) is 6.35. The SMILES string of the molecule is CC1=NN(c2ccccc2)C(=O)C1C(=O)Cc1cccc(Br)c1. The average Bonchev–Trinajstić information content (AvgIpc) is 2.83. The first-order valence-electron chi connectivity index (χ1n) is 7.27. The van der Waals surface area contributed by atoms with E-state index in [4.69, 9.17) is 0 Å². The van der Waals surface area contributed by atoms with E-state index in [1.54, 1.807) is 19.1 Å². The van der Waals surface area contributed by atoms with Crippen molar-refractivity contribution in [2.45, 2.75) is 13.3 Å². The summed E-state index contributed by atoms with van der Waals surface area (Å²) in [4.78, 5) is 25.2. The van der Waals surface area contributed by atoms with Gasteiger partial charge in [-0.3, -0.25) is 9.59 Å². The van der Waals surface area contributed by atoms with Gasteiger partial charge in [0, 0.05) is 10.9 Å². The molecule has 4 nitrogen and oxygen atoms in total. The molecule has 0 fully saturated rings. The van der Waals surface area contributed by atoms with Crippen molar-refractivity contribution in [3.8, 4) is 0 Å². The molecular formula is C18H15BrN2O2. The van der Waals surface area contributed by atoms with Crippen LogP contribution in [0.3, 0.4) is 0 Å². The van der Waals surface area contributed by atoms with Crippen molar-refractivity contribution in [2.24, 2.45) is 11.0 Å². The van der Waals surface area contributed by atoms with Gasteiger partial charge in [-0.2, -0.15) is 10.1 Å². The fourth-order valence-corrected chi connectivity index (χ4v) is 3.09. The Morgan fingerprint density at radius 2 is 1.91 bits per heavy atom. The summed E-state index contributed by atoms with van der Waals surface area (Å²) < 4.78 is 0.914. The van der Waals surface area contributed by atoms with Crippen molar-refractivity contribution in [3.05, 3.63) is 64.6 Å². The first kappa shape index (κ1) is 15.6. The van der Waals surface area contributed by atoms with Crippen LogP contribution in [0.2, 0.25) is 0 Å². The van der Waals surface area contributed by atoms with Gasteiger partial charge in [-0.05, 0) is 36.8 Å². The summed E-state index contributed by atoms with van der Waals surface area (Å²) in [7, 11) is 0. The number of hydrogen-bond donors (Lipinski definition) is 0. The highest BCUT2D eigenvalue weighted by Gasteiger charge is 2.39. The molecule has 1 atom stereocenters. The van der Waals surface area contributed by atoms with Crippen LogP contribution in [0.15, 0.2) is 64.2 Å². The molecular weight excluding hydrogens is 356 g/mol. The van der Waals surface area contributed by atoms with Crippen LogP contribution < -0.4 is 5.01 Å². The number of rotatable bonds is 4. The van der Waals surface area contributed by atoms with Crippen molar-refractivity contribution >= 4 is 39.0 Å². The highest BCUT2D eigenvalue weighted by atomic mass is 79.9. The number of Topliss-reactive ketones (excluding diaryl/α,β-unsaturated/α-hetero) is 1. The molecule has 1 aliphatic heterocycles. The Morgan fingerprint density at radius 1 is 1.17 bits per heavy atom. The van der Waals surface area contributed by atoms with E-state index in [0.29, 0.717) is 11.4 Å². The monoisotopic (exact) mass is 370 g/mol. The second-order valence-electron chi connectivity index (χ2n) is 5.43. The molecule has 1 heterocycles. The van der Waals surface area contributed by atoms with Crippen molar-refractivity contribution in [2.75, 3.05) is 5.01 Å². The quantitative estimate of drug-likeness (QED) is 0.772. The summed E-state index contributed by atoms with van der Waals surface area (Å²) in [5, 5.41) is 5.59. The lowest BCUT2D eigenvalue weighted by Crippen LogP contribution is -2.33. The molecule has 0 N–H and O–H groups in total. The molecule has 0 aliphatic carbocycles. The summed E-state index contributed by atoms with van der Waals surface area (Å²) in [6.07, 6.45) is 0.214. The van der Waals surface area contributed by atoms with Crippen LogP contribution in [-0.4, -0.2) is 17.4 Å². The topological polar surface area (TPSA) is 49.7 Å². The van der Waals surface area contributed by atoms with Crippen LogP contribution in [0, 0.1) is 5.92 Å². The zero-order chi connectivity index (χ0) is 16.4. The fraction of sp³-hybridized carbons (Fsp3) is 0.167. The third-order valence-corrected chi connectivity index (χ3v) is 4.21. The van der Waals surface area contributed by atoms with Crippen molar-refractivity contribution in [1.82, 2.24) is 0 Å². The van der Waals surface area contributed by atoms with E-state index >= 15 is 0 Å². The Kier molecular flexibility index (Phi) is 4.39. The van der Waals surface area contributed by atoms with Crippen LogP contribution in [0.25, 0.3) is 0 Å². The Bertz CT molecular complexity index is 787. The number of hydrogen-bond acceptors (Lipinski definition) is 3. The summed E-state index contributed by atoms with van der Waals surface area (Å²) in [6, 6.07) is 16.7. The number of ketones is 1. The lowest BCUT2D eigenvalue weighted by molar-refractivity contribution is -0.128. The normalized spacial score (nSPS) is 17.3. The van der Waals surface area contributed by atoms with Gasteiger partial charge in [-0.15, -0.1) is 0 Å². The summed E-state index contributed by atoms with van der Waals surface area (Å²) in [5.41, 5.74) is 2.09. The van der Waals surface area contributed by atoms with E-state index in [1.165, 1.54) is 5.01 Å². The number of amides is 1. The smallest absolute Gasteiger partial charge is 0.263 e. The number of halogens is 1. The molecule has 1 amide bonds. The second kappa shape index (κ2) is 6.46.